The zero-order chi connectivity index (χ0) is 16.4. The van der Waals surface area contributed by atoms with E-state index in [1.807, 2.05) is 31.2 Å². The molecule has 0 aliphatic heterocycles. The summed E-state index contributed by atoms with van der Waals surface area (Å²) in [6, 6.07) is 12.3. The molecule has 1 heterocycles. The van der Waals surface area contributed by atoms with Crippen LogP contribution in [0.1, 0.15) is 11.1 Å². The summed E-state index contributed by atoms with van der Waals surface area (Å²) in [5, 5.41) is 4.18. The molecule has 3 aromatic rings. The van der Waals surface area contributed by atoms with Gasteiger partial charge in [-0.1, -0.05) is 17.7 Å². The van der Waals surface area contributed by atoms with Gasteiger partial charge in [-0.25, -0.2) is 4.68 Å². The lowest BCUT2D eigenvalue weighted by Gasteiger charge is -2.07. The second-order valence-corrected chi connectivity index (χ2v) is 5.08. The van der Waals surface area contributed by atoms with Gasteiger partial charge < -0.3 is 4.74 Å². The van der Waals surface area contributed by atoms with Gasteiger partial charge >= 0.3 is 6.18 Å². The van der Waals surface area contributed by atoms with Gasteiger partial charge in [0.1, 0.15) is 5.75 Å². The van der Waals surface area contributed by atoms with Crippen molar-refractivity contribution in [3.8, 4) is 17.2 Å². The predicted octanol–water partition coefficient (Wildman–Crippen LogP) is 4.99. The Kier molecular flexibility index (Phi) is 3.82. The van der Waals surface area contributed by atoms with Crippen LogP contribution in [0.15, 0.2) is 60.9 Å². The summed E-state index contributed by atoms with van der Waals surface area (Å²) in [5.41, 5.74) is 1.31. The van der Waals surface area contributed by atoms with Crippen molar-refractivity contribution in [2.75, 3.05) is 0 Å². The highest BCUT2D eigenvalue weighted by molar-refractivity contribution is 5.36. The predicted molar refractivity (Wildman–Crippen MR) is 79.8 cm³/mol. The van der Waals surface area contributed by atoms with Crippen molar-refractivity contribution in [1.82, 2.24) is 9.78 Å². The molecule has 118 valence electrons. The van der Waals surface area contributed by atoms with Crippen LogP contribution in [0.4, 0.5) is 13.2 Å². The number of alkyl halides is 3. The highest BCUT2D eigenvalue weighted by atomic mass is 19.4. The highest BCUT2D eigenvalue weighted by Gasteiger charge is 2.30. The van der Waals surface area contributed by atoms with Crippen LogP contribution in [0.25, 0.3) is 5.69 Å². The maximum absolute atomic E-state index is 12.5. The number of benzene rings is 2. The van der Waals surface area contributed by atoms with Gasteiger partial charge in [-0.15, -0.1) is 0 Å². The molecule has 0 saturated carbocycles. The third-order valence-corrected chi connectivity index (χ3v) is 3.27. The Hall–Kier alpha value is -2.76. The van der Waals surface area contributed by atoms with Gasteiger partial charge in [0.05, 0.1) is 23.6 Å². The van der Waals surface area contributed by atoms with Gasteiger partial charge in [-0.2, -0.15) is 18.3 Å². The van der Waals surface area contributed by atoms with E-state index in [-0.39, 0.29) is 0 Å². The van der Waals surface area contributed by atoms with Crippen LogP contribution in [-0.4, -0.2) is 9.78 Å². The van der Waals surface area contributed by atoms with Gasteiger partial charge in [0.15, 0.2) is 5.75 Å². The molecule has 0 saturated heterocycles. The smallest absolute Gasteiger partial charge is 0.416 e. The van der Waals surface area contributed by atoms with E-state index in [1.54, 1.807) is 10.9 Å². The fourth-order valence-corrected chi connectivity index (χ4v) is 2.05. The lowest BCUT2D eigenvalue weighted by Crippen LogP contribution is -2.03. The monoisotopic (exact) mass is 318 g/mol. The number of nitrogens with zero attached hydrogens (tertiary/aromatic N) is 2. The largest absolute Gasteiger partial charge is 0.454 e. The van der Waals surface area contributed by atoms with Crippen LogP contribution in [0.3, 0.4) is 0 Å². The summed E-state index contributed by atoms with van der Waals surface area (Å²) < 4.78 is 44.7. The summed E-state index contributed by atoms with van der Waals surface area (Å²) in [6.45, 7) is 1.99. The molecular weight excluding hydrogens is 305 g/mol. The molecule has 0 spiro atoms. The molecule has 0 aliphatic rings. The first kappa shape index (κ1) is 15.1. The van der Waals surface area contributed by atoms with Gasteiger partial charge in [-0.05, 0) is 43.3 Å². The molecular formula is C17H13F3N2O. The van der Waals surface area contributed by atoms with Gasteiger partial charge in [-0.3, -0.25) is 0 Å². The molecule has 0 N–H and O–H groups in total. The van der Waals surface area contributed by atoms with Crippen molar-refractivity contribution >= 4 is 0 Å². The molecule has 0 fully saturated rings. The first-order chi connectivity index (χ1) is 10.9. The van der Waals surface area contributed by atoms with Crippen LogP contribution in [0.5, 0.6) is 11.5 Å². The van der Waals surface area contributed by atoms with E-state index < -0.39 is 11.7 Å². The minimum Gasteiger partial charge on any atom is -0.454 e. The van der Waals surface area contributed by atoms with Gasteiger partial charge in [0.25, 0.3) is 0 Å². The molecule has 0 atom stereocenters. The Morgan fingerprint density at radius 3 is 2.17 bits per heavy atom. The standard InChI is InChI=1S/C17H13F3N2O/c1-12-2-6-14(7-3-12)22-11-16(10-21-22)23-15-8-4-13(5-9-15)17(18,19)20/h2-11H,1H3. The van der Waals surface area contributed by atoms with Crippen molar-refractivity contribution in [3.05, 3.63) is 72.1 Å². The molecule has 3 rings (SSSR count). The van der Waals surface area contributed by atoms with Crippen LogP contribution >= 0.6 is 0 Å². The van der Waals surface area contributed by atoms with Crippen molar-refractivity contribution in [2.24, 2.45) is 0 Å². The highest BCUT2D eigenvalue weighted by Crippen LogP contribution is 2.31. The average Bonchev–Trinajstić information content (AvgIpc) is 2.96. The van der Waals surface area contributed by atoms with Crippen LogP contribution in [-0.2, 0) is 6.18 Å². The fourth-order valence-electron chi connectivity index (χ4n) is 2.05. The molecule has 0 bridgehead atoms. The minimum atomic E-state index is -4.35. The summed E-state index contributed by atoms with van der Waals surface area (Å²) in [6.07, 6.45) is -1.17. The Morgan fingerprint density at radius 1 is 0.913 bits per heavy atom. The van der Waals surface area contributed by atoms with E-state index in [0.717, 1.165) is 23.4 Å². The quantitative estimate of drug-likeness (QED) is 0.680. The Morgan fingerprint density at radius 2 is 1.57 bits per heavy atom. The van der Waals surface area contributed by atoms with Crippen molar-refractivity contribution in [1.29, 1.82) is 0 Å². The first-order valence-electron chi connectivity index (χ1n) is 6.89. The molecule has 0 radical (unpaired) electrons. The number of hydrogen-bond donors (Lipinski definition) is 0. The van der Waals surface area contributed by atoms with Gasteiger partial charge in [0.2, 0.25) is 0 Å². The first-order valence-corrected chi connectivity index (χ1v) is 6.89. The van der Waals surface area contributed by atoms with Crippen LogP contribution in [0, 0.1) is 6.92 Å². The zero-order valence-electron chi connectivity index (χ0n) is 12.2. The van der Waals surface area contributed by atoms with Crippen LogP contribution in [0.2, 0.25) is 0 Å². The SMILES string of the molecule is Cc1ccc(-n2cc(Oc3ccc(C(F)(F)F)cc3)cn2)cc1. The van der Waals surface area contributed by atoms with E-state index in [1.165, 1.54) is 18.3 Å². The Labute approximate surface area is 130 Å². The van der Waals surface area contributed by atoms with Crippen molar-refractivity contribution in [3.63, 3.8) is 0 Å². The number of aryl methyl sites for hydroxylation is 1. The summed E-state index contributed by atoms with van der Waals surface area (Å²) in [4.78, 5) is 0. The normalized spacial score (nSPS) is 11.5. The lowest BCUT2D eigenvalue weighted by atomic mass is 10.2. The number of aromatic nitrogens is 2. The Bertz CT molecular complexity index is 790. The second kappa shape index (κ2) is 5.79. The summed E-state index contributed by atoms with van der Waals surface area (Å²) in [7, 11) is 0. The summed E-state index contributed by atoms with van der Waals surface area (Å²) >= 11 is 0. The van der Waals surface area contributed by atoms with E-state index in [2.05, 4.69) is 5.10 Å². The van der Waals surface area contributed by atoms with Gasteiger partial charge in [0, 0.05) is 0 Å². The Balaban J connectivity index is 1.75. The third kappa shape index (κ3) is 3.53. The molecule has 0 unspecified atom stereocenters. The number of halogens is 3. The third-order valence-electron chi connectivity index (χ3n) is 3.27. The number of hydrogen-bond acceptors (Lipinski definition) is 2. The summed E-state index contributed by atoms with van der Waals surface area (Å²) in [5.74, 6) is 0.770. The van der Waals surface area contributed by atoms with Crippen molar-refractivity contribution < 1.29 is 17.9 Å². The molecule has 6 heteroatoms. The molecule has 23 heavy (non-hydrogen) atoms. The molecule has 2 aromatic carbocycles. The van der Waals surface area contributed by atoms with Crippen LogP contribution < -0.4 is 4.74 Å². The van der Waals surface area contributed by atoms with E-state index in [9.17, 15) is 13.2 Å². The van der Waals surface area contributed by atoms with Crippen molar-refractivity contribution in [2.45, 2.75) is 13.1 Å². The van der Waals surface area contributed by atoms with E-state index in [0.29, 0.717) is 11.5 Å². The minimum absolute atomic E-state index is 0.321. The number of rotatable bonds is 3. The maximum atomic E-state index is 12.5. The van der Waals surface area contributed by atoms with E-state index >= 15 is 0 Å². The second-order valence-electron chi connectivity index (χ2n) is 5.08. The molecule has 3 nitrogen and oxygen atoms in total. The average molecular weight is 318 g/mol. The topological polar surface area (TPSA) is 27.1 Å². The molecule has 1 aromatic heterocycles. The fraction of sp³-hybridized carbons (Fsp3) is 0.118. The molecule has 0 aliphatic carbocycles. The number of ether oxygens (including phenoxy) is 1. The lowest BCUT2D eigenvalue weighted by molar-refractivity contribution is -0.137. The molecule has 0 amide bonds. The maximum Gasteiger partial charge on any atom is 0.416 e. The zero-order valence-corrected chi connectivity index (χ0v) is 12.2. The van der Waals surface area contributed by atoms with E-state index in [4.69, 9.17) is 4.74 Å².